The Kier molecular flexibility index (Phi) is 4.44. The number of hydrogen-bond acceptors (Lipinski definition) is 3. The highest BCUT2D eigenvalue weighted by molar-refractivity contribution is 6.31. The molecule has 0 aliphatic carbocycles. The molecule has 2 aromatic rings. The third-order valence-electron chi connectivity index (χ3n) is 3.18. The summed E-state index contributed by atoms with van der Waals surface area (Å²) in [5.41, 5.74) is 2.35. The number of nitrogens with one attached hydrogen (secondary N) is 1. The van der Waals surface area contributed by atoms with Crippen LogP contribution in [0.15, 0.2) is 12.3 Å². The lowest BCUT2D eigenvalue weighted by Crippen LogP contribution is -2.27. The molecule has 108 valence electrons. The Hall–Kier alpha value is -1.82. The molecule has 0 atom stereocenters. The van der Waals surface area contributed by atoms with Crippen LogP contribution in [0.3, 0.4) is 0 Å². The number of amides is 1. The standard InChI is InChI=1S/C13H18ClN5O/c1-9-12(14)10(2)19(17-9)8-4-6-15-13(20)11-5-7-16-18(11)3/h5,7H,4,6,8H2,1-3H3,(H,15,20). The molecule has 0 aliphatic heterocycles. The highest BCUT2D eigenvalue weighted by atomic mass is 35.5. The molecule has 0 saturated heterocycles. The summed E-state index contributed by atoms with van der Waals surface area (Å²) < 4.78 is 3.42. The van der Waals surface area contributed by atoms with E-state index in [0.29, 0.717) is 17.3 Å². The van der Waals surface area contributed by atoms with Crippen LogP contribution in [0.1, 0.15) is 28.3 Å². The Morgan fingerprint density at radius 1 is 1.45 bits per heavy atom. The van der Waals surface area contributed by atoms with Crippen LogP contribution < -0.4 is 5.32 Å². The maximum Gasteiger partial charge on any atom is 0.269 e. The molecule has 2 rings (SSSR count). The molecule has 2 heterocycles. The van der Waals surface area contributed by atoms with E-state index in [1.54, 1.807) is 24.0 Å². The molecule has 0 bridgehead atoms. The average Bonchev–Trinajstić information content (AvgIpc) is 2.94. The Bertz CT molecular complexity index is 616. The van der Waals surface area contributed by atoms with Crippen LogP contribution in [0.5, 0.6) is 0 Å². The van der Waals surface area contributed by atoms with Crippen molar-refractivity contribution in [3.8, 4) is 0 Å². The molecule has 0 radical (unpaired) electrons. The molecule has 1 N–H and O–H groups in total. The van der Waals surface area contributed by atoms with Crippen molar-refractivity contribution in [2.24, 2.45) is 7.05 Å². The second-order valence-corrected chi connectivity index (χ2v) is 5.04. The van der Waals surface area contributed by atoms with Crippen LogP contribution in [0, 0.1) is 13.8 Å². The van der Waals surface area contributed by atoms with Gasteiger partial charge in [-0.25, -0.2) is 0 Å². The van der Waals surface area contributed by atoms with Gasteiger partial charge in [0, 0.05) is 26.3 Å². The summed E-state index contributed by atoms with van der Waals surface area (Å²) in [5.74, 6) is -0.114. The summed E-state index contributed by atoms with van der Waals surface area (Å²) in [5, 5.41) is 11.9. The molecule has 0 aliphatic rings. The number of carbonyl (C=O) groups excluding carboxylic acids is 1. The molecular weight excluding hydrogens is 278 g/mol. The van der Waals surface area contributed by atoms with Crippen molar-refractivity contribution in [3.05, 3.63) is 34.4 Å². The Morgan fingerprint density at radius 3 is 2.75 bits per heavy atom. The number of carbonyl (C=O) groups is 1. The molecule has 0 fully saturated rings. The van der Waals surface area contributed by atoms with E-state index in [1.165, 1.54) is 0 Å². The maximum absolute atomic E-state index is 11.8. The van der Waals surface area contributed by atoms with Crippen molar-refractivity contribution >= 4 is 17.5 Å². The first kappa shape index (κ1) is 14.6. The van der Waals surface area contributed by atoms with E-state index in [9.17, 15) is 4.79 Å². The number of rotatable bonds is 5. The van der Waals surface area contributed by atoms with E-state index in [1.807, 2.05) is 18.5 Å². The molecule has 0 unspecified atom stereocenters. The number of aryl methyl sites for hydroxylation is 3. The van der Waals surface area contributed by atoms with Gasteiger partial charge < -0.3 is 5.32 Å². The molecule has 0 spiro atoms. The fourth-order valence-corrected chi connectivity index (χ4v) is 2.15. The van der Waals surface area contributed by atoms with Crippen molar-refractivity contribution in [2.75, 3.05) is 6.54 Å². The zero-order valence-corrected chi connectivity index (χ0v) is 12.6. The third-order valence-corrected chi connectivity index (χ3v) is 3.73. The van der Waals surface area contributed by atoms with E-state index in [2.05, 4.69) is 15.5 Å². The van der Waals surface area contributed by atoms with Gasteiger partial charge in [0.05, 0.1) is 16.4 Å². The quantitative estimate of drug-likeness (QED) is 0.854. The van der Waals surface area contributed by atoms with Gasteiger partial charge in [-0.15, -0.1) is 0 Å². The number of halogens is 1. The highest BCUT2D eigenvalue weighted by Gasteiger charge is 2.10. The normalized spacial score (nSPS) is 10.8. The van der Waals surface area contributed by atoms with E-state index in [-0.39, 0.29) is 5.91 Å². The summed E-state index contributed by atoms with van der Waals surface area (Å²) in [6.45, 7) is 5.14. The minimum absolute atomic E-state index is 0.114. The van der Waals surface area contributed by atoms with Crippen LogP contribution in [0.4, 0.5) is 0 Å². The van der Waals surface area contributed by atoms with Crippen molar-refractivity contribution in [3.63, 3.8) is 0 Å². The number of aromatic nitrogens is 4. The minimum Gasteiger partial charge on any atom is -0.351 e. The summed E-state index contributed by atoms with van der Waals surface area (Å²) in [6.07, 6.45) is 2.40. The van der Waals surface area contributed by atoms with Gasteiger partial charge in [-0.05, 0) is 26.3 Å². The molecule has 2 aromatic heterocycles. The third kappa shape index (κ3) is 3.01. The lowest BCUT2D eigenvalue weighted by molar-refractivity contribution is 0.0943. The smallest absolute Gasteiger partial charge is 0.269 e. The van der Waals surface area contributed by atoms with E-state index in [4.69, 9.17) is 11.6 Å². The summed E-state index contributed by atoms with van der Waals surface area (Å²) in [7, 11) is 1.74. The van der Waals surface area contributed by atoms with Gasteiger partial charge in [-0.1, -0.05) is 11.6 Å². The summed E-state index contributed by atoms with van der Waals surface area (Å²) in [4.78, 5) is 11.8. The SMILES string of the molecule is Cc1nn(CCCNC(=O)c2ccnn2C)c(C)c1Cl. The lowest BCUT2D eigenvalue weighted by Gasteiger charge is -2.07. The van der Waals surface area contributed by atoms with Crippen molar-refractivity contribution in [1.29, 1.82) is 0 Å². The largest absolute Gasteiger partial charge is 0.351 e. The molecule has 0 aromatic carbocycles. The van der Waals surface area contributed by atoms with Crippen LogP contribution in [-0.2, 0) is 13.6 Å². The Balaban J connectivity index is 1.81. The van der Waals surface area contributed by atoms with Gasteiger partial charge in [0.1, 0.15) is 5.69 Å². The molecule has 1 amide bonds. The second-order valence-electron chi connectivity index (χ2n) is 4.66. The van der Waals surface area contributed by atoms with Gasteiger partial charge in [0.15, 0.2) is 0 Å². The topological polar surface area (TPSA) is 64.7 Å². The highest BCUT2D eigenvalue weighted by Crippen LogP contribution is 2.18. The van der Waals surface area contributed by atoms with Crippen LogP contribution in [0.25, 0.3) is 0 Å². The molecular formula is C13H18ClN5O. The Morgan fingerprint density at radius 2 is 2.20 bits per heavy atom. The monoisotopic (exact) mass is 295 g/mol. The first-order chi connectivity index (χ1) is 9.50. The van der Waals surface area contributed by atoms with Gasteiger partial charge in [0.25, 0.3) is 5.91 Å². The average molecular weight is 296 g/mol. The van der Waals surface area contributed by atoms with Crippen LogP contribution >= 0.6 is 11.6 Å². The van der Waals surface area contributed by atoms with Gasteiger partial charge in [-0.2, -0.15) is 10.2 Å². The minimum atomic E-state index is -0.114. The van der Waals surface area contributed by atoms with Crippen LogP contribution in [-0.4, -0.2) is 32.0 Å². The second kappa shape index (κ2) is 6.09. The first-order valence-electron chi connectivity index (χ1n) is 6.46. The number of hydrogen-bond donors (Lipinski definition) is 1. The van der Waals surface area contributed by atoms with E-state index in [0.717, 1.165) is 24.4 Å². The molecule has 6 nitrogen and oxygen atoms in total. The zero-order valence-electron chi connectivity index (χ0n) is 11.9. The fourth-order valence-electron chi connectivity index (χ4n) is 2.01. The Labute approximate surface area is 122 Å². The summed E-state index contributed by atoms with van der Waals surface area (Å²) in [6, 6.07) is 1.69. The molecule has 7 heteroatoms. The van der Waals surface area contributed by atoms with Gasteiger partial charge in [0.2, 0.25) is 0 Å². The van der Waals surface area contributed by atoms with E-state index >= 15 is 0 Å². The zero-order chi connectivity index (χ0) is 14.7. The van der Waals surface area contributed by atoms with Gasteiger partial charge in [-0.3, -0.25) is 14.2 Å². The fraction of sp³-hybridized carbons (Fsp3) is 0.462. The van der Waals surface area contributed by atoms with Gasteiger partial charge >= 0.3 is 0 Å². The predicted molar refractivity (Wildman–Crippen MR) is 76.9 cm³/mol. The van der Waals surface area contributed by atoms with Crippen LogP contribution in [0.2, 0.25) is 5.02 Å². The van der Waals surface area contributed by atoms with E-state index < -0.39 is 0 Å². The summed E-state index contributed by atoms with van der Waals surface area (Å²) >= 11 is 6.08. The van der Waals surface area contributed by atoms with Crippen molar-refractivity contribution in [2.45, 2.75) is 26.8 Å². The predicted octanol–water partition coefficient (Wildman–Crippen LogP) is 1.71. The van der Waals surface area contributed by atoms with Crippen molar-refractivity contribution in [1.82, 2.24) is 24.9 Å². The maximum atomic E-state index is 11.8. The first-order valence-corrected chi connectivity index (χ1v) is 6.84. The lowest BCUT2D eigenvalue weighted by atomic mass is 10.3. The molecule has 0 saturated carbocycles. The number of nitrogens with zero attached hydrogens (tertiary/aromatic N) is 4. The molecule has 20 heavy (non-hydrogen) atoms. The van der Waals surface area contributed by atoms with Crippen molar-refractivity contribution < 1.29 is 4.79 Å².